The molecule has 3 saturated carbocycles. The van der Waals surface area contributed by atoms with Gasteiger partial charge >= 0.3 is 0 Å². The van der Waals surface area contributed by atoms with Gasteiger partial charge in [-0.25, -0.2) is 8.78 Å². The van der Waals surface area contributed by atoms with Gasteiger partial charge in [-0.3, -0.25) is 0 Å². The molecule has 0 radical (unpaired) electrons. The van der Waals surface area contributed by atoms with Gasteiger partial charge < -0.3 is 9.47 Å². The molecular formula is C28H46F2O2. The van der Waals surface area contributed by atoms with Gasteiger partial charge in [-0.1, -0.05) is 32.6 Å². The zero-order chi connectivity index (χ0) is 22.3. The summed E-state index contributed by atoms with van der Waals surface area (Å²) in [6.07, 6.45) is 19.0. The third-order valence-corrected chi connectivity index (χ3v) is 9.34. The van der Waals surface area contributed by atoms with Gasteiger partial charge in [0, 0.05) is 17.8 Å². The first-order valence-corrected chi connectivity index (χ1v) is 13.8. The van der Waals surface area contributed by atoms with Crippen molar-refractivity contribution in [3.8, 4) is 0 Å². The maximum Gasteiger partial charge on any atom is 0.160 e. The zero-order valence-corrected chi connectivity index (χ0v) is 20.3. The zero-order valence-electron chi connectivity index (χ0n) is 20.3. The minimum Gasteiger partial charge on any atom is -0.352 e. The van der Waals surface area contributed by atoms with E-state index >= 15 is 0 Å². The molecule has 4 fully saturated rings. The quantitative estimate of drug-likeness (QED) is 0.389. The average molecular weight is 453 g/mol. The van der Waals surface area contributed by atoms with Crippen molar-refractivity contribution in [3.05, 3.63) is 11.9 Å². The number of hydrogen-bond donors (Lipinski definition) is 0. The second-order valence-corrected chi connectivity index (χ2v) is 11.6. The van der Waals surface area contributed by atoms with E-state index in [2.05, 4.69) is 6.92 Å². The number of alkyl halides is 1. The van der Waals surface area contributed by atoms with Crippen LogP contribution >= 0.6 is 0 Å². The summed E-state index contributed by atoms with van der Waals surface area (Å²) in [6.45, 7) is 3.25. The van der Waals surface area contributed by atoms with Gasteiger partial charge in [0.1, 0.15) is 12.5 Å². The summed E-state index contributed by atoms with van der Waals surface area (Å²) in [5, 5.41) is 0. The summed E-state index contributed by atoms with van der Waals surface area (Å²) >= 11 is 0. The molecule has 0 atom stereocenters. The number of rotatable bonds is 7. The standard InChI is InChI=1S/C28H46F2O2/c1-20-18-31-28(32-19-20)26-10-6-22(7-11-26)3-2-21-4-8-23(9-5-21)24-12-14-25(15-13-24)27(30)16-17-29/h16,20-26,28H,2-15,17-19H2,1H3/b27-16-. The molecule has 1 heterocycles. The molecule has 2 nitrogen and oxygen atoms in total. The Kier molecular flexibility index (Phi) is 9.46. The van der Waals surface area contributed by atoms with E-state index in [1.165, 1.54) is 64.2 Å². The highest BCUT2D eigenvalue weighted by Gasteiger charge is 2.34. The van der Waals surface area contributed by atoms with Crippen LogP contribution in [-0.4, -0.2) is 26.2 Å². The maximum atomic E-state index is 13.9. The van der Waals surface area contributed by atoms with E-state index in [9.17, 15) is 8.78 Å². The molecule has 0 aromatic heterocycles. The van der Waals surface area contributed by atoms with Crippen LogP contribution in [0, 0.1) is 41.4 Å². The van der Waals surface area contributed by atoms with Crippen molar-refractivity contribution in [3.63, 3.8) is 0 Å². The van der Waals surface area contributed by atoms with Crippen LogP contribution in [0.25, 0.3) is 0 Å². The smallest absolute Gasteiger partial charge is 0.160 e. The molecule has 1 aliphatic heterocycles. The summed E-state index contributed by atoms with van der Waals surface area (Å²) < 4.78 is 38.2. The monoisotopic (exact) mass is 452 g/mol. The lowest BCUT2D eigenvalue weighted by Crippen LogP contribution is -2.37. The third kappa shape index (κ3) is 6.78. The van der Waals surface area contributed by atoms with Gasteiger partial charge in [0.05, 0.1) is 13.2 Å². The molecule has 184 valence electrons. The van der Waals surface area contributed by atoms with E-state index in [4.69, 9.17) is 9.47 Å². The Labute approximate surface area is 194 Å². The van der Waals surface area contributed by atoms with Crippen molar-refractivity contribution in [2.24, 2.45) is 41.4 Å². The molecule has 4 heteroatoms. The SMILES string of the molecule is CC1COC(C2CCC(CCC3CCC(C4CCC(/C(F)=C/CF)CC4)CC3)CC2)OC1. The third-order valence-electron chi connectivity index (χ3n) is 9.34. The molecule has 0 aromatic carbocycles. The van der Waals surface area contributed by atoms with Gasteiger partial charge in [0.15, 0.2) is 6.29 Å². The van der Waals surface area contributed by atoms with Gasteiger partial charge in [-0.15, -0.1) is 0 Å². The molecule has 1 saturated heterocycles. The second kappa shape index (κ2) is 12.3. The summed E-state index contributed by atoms with van der Waals surface area (Å²) in [5.74, 6) is 4.43. The Hall–Kier alpha value is -0.480. The van der Waals surface area contributed by atoms with Crippen molar-refractivity contribution in [2.75, 3.05) is 19.9 Å². The van der Waals surface area contributed by atoms with E-state index < -0.39 is 6.67 Å². The Morgan fingerprint density at radius 2 is 1.19 bits per heavy atom. The van der Waals surface area contributed by atoms with Crippen LogP contribution in [0.15, 0.2) is 11.9 Å². The Bertz CT molecular complexity index is 562. The van der Waals surface area contributed by atoms with Gasteiger partial charge in [-0.05, 0) is 94.0 Å². The molecule has 0 aromatic rings. The normalized spacial score (nSPS) is 42.0. The van der Waals surface area contributed by atoms with Crippen molar-refractivity contribution >= 4 is 0 Å². The van der Waals surface area contributed by atoms with Crippen molar-refractivity contribution in [1.82, 2.24) is 0 Å². The molecule has 4 rings (SSSR count). The van der Waals surface area contributed by atoms with Crippen LogP contribution in [0.4, 0.5) is 8.78 Å². The summed E-state index contributed by atoms with van der Waals surface area (Å²) in [4.78, 5) is 0. The fourth-order valence-electron chi connectivity index (χ4n) is 7.16. The first-order valence-electron chi connectivity index (χ1n) is 13.8. The fourth-order valence-corrected chi connectivity index (χ4v) is 7.16. The van der Waals surface area contributed by atoms with E-state index in [0.717, 1.165) is 68.6 Å². The van der Waals surface area contributed by atoms with Crippen molar-refractivity contribution in [1.29, 1.82) is 0 Å². The molecule has 0 bridgehead atoms. The van der Waals surface area contributed by atoms with Gasteiger partial charge in [0.2, 0.25) is 0 Å². The molecular weight excluding hydrogens is 406 g/mol. The number of hydrogen-bond acceptors (Lipinski definition) is 2. The van der Waals surface area contributed by atoms with Crippen LogP contribution in [-0.2, 0) is 9.47 Å². The van der Waals surface area contributed by atoms with Crippen LogP contribution in [0.2, 0.25) is 0 Å². The molecule has 3 aliphatic carbocycles. The lowest BCUT2D eigenvalue weighted by molar-refractivity contribution is -0.226. The van der Waals surface area contributed by atoms with Crippen LogP contribution in [0.1, 0.15) is 96.8 Å². The number of ether oxygens (including phenoxy) is 2. The summed E-state index contributed by atoms with van der Waals surface area (Å²) in [6, 6.07) is 0. The number of allylic oxidation sites excluding steroid dienone is 2. The van der Waals surface area contributed by atoms with Crippen molar-refractivity contribution in [2.45, 2.75) is 103 Å². The Morgan fingerprint density at radius 1 is 0.719 bits per heavy atom. The van der Waals surface area contributed by atoms with Gasteiger partial charge in [0.25, 0.3) is 0 Å². The molecule has 0 unspecified atom stereocenters. The van der Waals surface area contributed by atoms with Crippen LogP contribution < -0.4 is 0 Å². The molecule has 0 N–H and O–H groups in total. The lowest BCUT2D eigenvalue weighted by atomic mass is 9.68. The van der Waals surface area contributed by atoms with Crippen LogP contribution in [0.5, 0.6) is 0 Å². The largest absolute Gasteiger partial charge is 0.352 e. The van der Waals surface area contributed by atoms with E-state index in [1.54, 1.807) is 0 Å². The predicted octanol–water partition coefficient (Wildman–Crippen LogP) is 8.02. The highest BCUT2D eigenvalue weighted by molar-refractivity contribution is 5.00. The molecule has 0 amide bonds. The van der Waals surface area contributed by atoms with Crippen molar-refractivity contribution < 1.29 is 18.3 Å². The van der Waals surface area contributed by atoms with E-state index in [-0.39, 0.29) is 18.0 Å². The summed E-state index contributed by atoms with van der Waals surface area (Å²) in [7, 11) is 0. The first kappa shape index (κ1) is 24.6. The number of halogens is 2. The average Bonchev–Trinajstić information content (AvgIpc) is 2.84. The topological polar surface area (TPSA) is 18.5 Å². The van der Waals surface area contributed by atoms with E-state index in [0.29, 0.717) is 11.8 Å². The van der Waals surface area contributed by atoms with E-state index in [1.807, 2.05) is 0 Å². The highest BCUT2D eigenvalue weighted by atomic mass is 19.1. The van der Waals surface area contributed by atoms with Gasteiger partial charge in [-0.2, -0.15) is 0 Å². The first-order chi connectivity index (χ1) is 15.6. The van der Waals surface area contributed by atoms with Crippen LogP contribution in [0.3, 0.4) is 0 Å². The highest BCUT2D eigenvalue weighted by Crippen LogP contribution is 2.44. The second-order valence-electron chi connectivity index (χ2n) is 11.6. The Balaban J connectivity index is 1.09. The molecule has 0 spiro atoms. The Morgan fingerprint density at radius 3 is 1.69 bits per heavy atom. The lowest BCUT2D eigenvalue weighted by Gasteiger charge is -2.39. The summed E-state index contributed by atoms with van der Waals surface area (Å²) in [5.41, 5.74) is 0. The minimum atomic E-state index is -0.667. The molecule has 32 heavy (non-hydrogen) atoms. The maximum absolute atomic E-state index is 13.9. The molecule has 4 aliphatic rings. The predicted molar refractivity (Wildman–Crippen MR) is 126 cm³/mol. The minimum absolute atomic E-state index is 0.00627. The fraction of sp³-hybridized carbons (Fsp3) is 0.929.